The van der Waals surface area contributed by atoms with Gasteiger partial charge in [0.15, 0.2) is 28.6 Å². The van der Waals surface area contributed by atoms with Crippen LogP contribution in [-0.4, -0.2) is 85.6 Å². The predicted molar refractivity (Wildman–Crippen MR) is 89.6 cm³/mol. The summed E-state index contributed by atoms with van der Waals surface area (Å²) in [6.45, 7) is 2.53. The van der Waals surface area contributed by atoms with E-state index in [1.165, 1.54) is 0 Å². The van der Waals surface area contributed by atoms with Crippen LogP contribution in [0.2, 0.25) is 0 Å². The number of hydrogen-bond acceptors (Lipinski definition) is 9. The summed E-state index contributed by atoms with van der Waals surface area (Å²) < 4.78 is 5.07. The third-order valence-electron chi connectivity index (χ3n) is 4.37. The smallest absolute Gasteiger partial charge is 0.318 e. The van der Waals surface area contributed by atoms with Crippen LogP contribution in [0.25, 0.3) is 0 Å². The SMILES string of the molecule is CC(=O)C(O)[C@H]1OC(O)(NC(=O)NCCCl)C[C@](O)(C(C)=O)[C@@]1(O)C(C)=O. The minimum absolute atomic E-state index is 0.00265. The first kappa shape index (κ1) is 23.4. The van der Waals surface area contributed by atoms with Crippen molar-refractivity contribution in [2.45, 2.75) is 56.5 Å². The molecule has 0 aromatic heterocycles. The average molecular weight is 411 g/mol. The molecule has 2 amide bonds. The number of carbonyl (C=O) groups excluding carboxylic acids is 4. The fourth-order valence-electron chi connectivity index (χ4n) is 2.90. The van der Waals surface area contributed by atoms with Crippen molar-refractivity contribution >= 4 is 35.0 Å². The molecule has 2 unspecified atom stereocenters. The van der Waals surface area contributed by atoms with Crippen molar-refractivity contribution in [3.8, 4) is 0 Å². The second-order valence-corrected chi connectivity index (χ2v) is 6.74. The summed E-state index contributed by atoms with van der Waals surface area (Å²) in [5.41, 5.74) is -6.04. The van der Waals surface area contributed by atoms with Crippen molar-refractivity contribution in [2.24, 2.45) is 0 Å². The molecule has 1 heterocycles. The van der Waals surface area contributed by atoms with Crippen molar-refractivity contribution in [1.82, 2.24) is 10.6 Å². The first-order valence-corrected chi connectivity index (χ1v) is 8.46. The summed E-state index contributed by atoms with van der Waals surface area (Å²) >= 11 is 5.42. The Labute approximate surface area is 159 Å². The van der Waals surface area contributed by atoms with E-state index in [2.05, 4.69) is 5.32 Å². The Bertz CT molecular complexity index is 645. The Hall–Kier alpha value is -1.63. The Morgan fingerprint density at radius 2 is 1.70 bits per heavy atom. The van der Waals surface area contributed by atoms with Crippen LogP contribution in [0.15, 0.2) is 0 Å². The lowest BCUT2D eigenvalue weighted by atomic mass is 9.67. The van der Waals surface area contributed by atoms with E-state index in [0.29, 0.717) is 0 Å². The predicted octanol–water partition coefficient (Wildman–Crippen LogP) is -2.45. The molecule has 1 fully saturated rings. The van der Waals surface area contributed by atoms with E-state index < -0.39 is 59.1 Å². The number of ketones is 3. The molecule has 1 rings (SSSR count). The number of Topliss-reactive ketones (excluding diaryl/α,β-unsaturated/α-hetero) is 3. The molecule has 0 saturated carbocycles. The highest BCUT2D eigenvalue weighted by Crippen LogP contribution is 2.43. The normalized spacial score (nSPS) is 34.4. The number of hydrogen-bond donors (Lipinski definition) is 6. The van der Waals surface area contributed by atoms with Gasteiger partial charge >= 0.3 is 6.03 Å². The molecule has 1 saturated heterocycles. The summed E-state index contributed by atoms with van der Waals surface area (Å²) in [4.78, 5) is 47.6. The maximum Gasteiger partial charge on any atom is 0.318 e. The lowest BCUT2D eigenvalue weighted by molar-refractivity contribution is -0.354. The lowest BCUT2D eigenvalue weighted by Crippen LogP contribution is -2.80. The highest BCUT2D eigenvalue weighted by Gasteiger charge is 2.70. The Balaban J connectivity index is 3.44. The second kappa shape index (κ2) is 8.17. The second-order valence-electron chi connectivity index (χ2n) is 6.36. The van der Waals surface area contributed by atoms with Crippen molar-refractivity contribution in [2.75, 3.05) is 12.4 Å². The topological polar surface area (TPSA) is 182 Å². The molecule has 0 spiro atoms. The van der Waals surface area contributed by atoms with Crippen LogP contribution in [0, 0.1) is 0 Å². The number of alkyl halides is 1. The van der Waals surface area contributed by atoms with Crippen LogP contribution in [0.1, 0.15) is 27.2 Å². The van der Waals surface area contributed by atoms with Gasteiger partial charge in [-0.25, -0.2) is 4.79 Å². The number of aliphatic hydroxyl groups excluding tert-OH is 1. The Morgan fingerprint density at radius 3 is 2.11 bits per heavy atom. The van der Waals surface area contributed by atoms with E-state index >= 15 is 0 Å². The molecule has 12 heteroatoms. The van der Waals surface area contributed by atoms with Crippen LogP contribution >= 0.6 is 11.6 Å². The van der Waals surface area contributed by atoms with Crippen LogP contribution in [0.5, 0.6) is 0 Å². The van der Waals surface area contributed by atoms with E-state index in [-0.39, 0.29) is 12.4 Å². The third kappa shape index (κ3) is 4.28. The third-order valence-corrected chi connectivity index (χ3v) is 4.56. The van der Waals surface area contributed by atoms with Crippen molar-refractivity contribution in [1.29, 1.82) is 0 Å². The number of aliphatic hydroxyl groups is 4. The zero-order valence-corrected chi connectivity index (χ0v) is 15.7. The van der Waals surface area contributed by atoms with Gasteiger partial charge in [-0.15, -0.1) is 11.6 Å². The van der Waals surface area contributed by atoms with Gasteiger partial charge in [0.2, 0.25) is 0 Å². The number of urea groups is 1. The van der Waals surface area contributed by atoms with E-state index in [1.807, 2.05) is 5.32 Å². The van der Waals surface area contributed by atoms with Gasteiger partial charge in [0.25, 0.3) is 5.91 Å². The Morgan fingerprint density at radius 1 is 1.15 bits per heavy atom. The van der Waals surface area contributed by atoms with Crippen LogP contribution in [0.4, 0.5) is 4.79 Å². The zero-order valence-electron chi connectivity index (χ0n) is 15.0. The summed E-state index contributed by atoms with van der Waals surface area (Å²) in [6.07, 6.45) is -5.61. The molecular formula is C15H23ClN2O9. The maximum atomic E-state index is 12.1. The van der Waals surface area contributed by atoms with E-state index in [9.17, 15) is 39.6 Å². The monoisotopic (exact) mass is 410 g/mol. The van der Waals surface area contributed by atoms with Gasteiger partial charge < -0.3 is 30.5 Å². The van der Waals surface area contributed by atoms with Crippen molar-refractivity contribution < 1.29 is 44.3 Å². The molecule has 27 heavy (non-hydrogen) atoms. The number of amides is 2. The molecule has 0 aromatic rings. The van der Waals surface area contributed by atoms with Crippen LogP contribution < -0.4 is 10.6 Å². The zero-order chi connectivity index (χ0) is 21.2. The van der Waals surface area contributed by atoms with Gasteiger partial charge in [-0.2, -0.15) is 0 Å². The van der Waals surface area contributed by atoms with Gasteiger partial charge in [-0.05, 0) is 20.8 Å². The molecule has 0 aliphatic carbocycles. The fraction of sp³-hybridized carbons (Fsp3) is 0.733. The van der Waals surface area contributed by atoms with Crippen LogP contribution in [0.3, 0.4) is 0 Å². The first-order valence-electron chi connectivity index (χ1n) is 7.92. The van der Waals surface area contributed by atoms with Gasteiger partial charge in [-0.1, -0.05) is 0 Å². The van der Waals surface area contributed by atoms with E-state index in [0.717, 1.165) is 20.8 Å². The molecule has 5 atom stereocenters. The number of rotatable bonds is 7. The molecule has 0 radical (unpaired) electrons. The first-order chi connectivity index (χ1) is 12.2. The molecule has 154 valence electrons. The van der Waals surface area contributed by atoms with Crippen LogP contribution in [-0.2, 0) is 19.1 Å². The summed E-state index contributed by atoms with van der Waals surface area (Å²) in [5.74, 6) is -6.11. The molecule has 0 bridgehead atoms. The molecule has 6 N–H and O–H groups in total. The largest absolute Gasteiger partial charge is 0.382 e. The molecule has 1 aliphatic rings. The summed E-state index contributed by atoms with van der Waals surface area (Å²) in [7, 11) is 0. The molecule has 11 nitrogen and oxygen atoms in total. The lowest BCUT2D eigenvalue weighted by Gasteiger charge is -2.53. The average Bonchev–Trinajstić information content (AvgIpc) is 2.54. The van der Waals surface area contributed by atoms with Gasteiger partial charge in [-0.3, -0.25) is 19.7 Å². The highest BCUT2D eigenvalue weighted by atomic mass is 35.5. The molecular weight excluding hydrogens is 388 g/mol. The minimum Gasteiger partial charge on any atom is -0.382 e. The molecule has 0 aromatic carbocycles. The van der Waals surface area contributed by atoms with Crippen molar-refractivity contribution in [3.05, 3.63) is 0 Å². The quantitative estimate of drug-likeness (QED) is 0.196. The summed E-state index contributed by atoms with van der Waals surface area (Å²) in [5, 5.41) is 46.4. The number of carbonyl (C=O) groups is 4. The Kier molecular flexibility index (Phi) is 7.08. The minimum atomic E-state index is -3.07. The number of halogens is 1. The van der Waals surface area contributed by atoms with E-state index in [1.54, 1.807) is 0 Å². The van der Waals surface area contributed by atoms with E-state index in [4.69, 9.17) is 16.3 Å². The number of nitrogens with one attached hydrogen (secondary N) is 2. The highest BCUT2D eigenvalue weighted by molar-refractivity contribution is 6.18. The maximum absolute atomic E-state index is 12.1. The molecule has 1 aliphatic heterocycles. The summed E-state index contributed by atoms with van der Waals surface area (Å²) in [6, 6.07) is -1.02. The fourth-order valence-corrected chi connectivity index (χ4v) is 2.99. The van der Waals surface area contributed by atoms with Gasteiger partial charge in [0.05, 0.1) is 6.42 Å². The van der Waals surface area contributed by atoms with Gasteiger partial charge in [0, 0.05) is 12.4 Å². The number of ether oxygens (including phenoxy) is 1. The standard InChI is InChI=1S/C15H23ClN2O9/c1-7(19)10(22)11-15(26,9(3)21)13(24,8(2)20)6-14(25,27-11)18-12(23)17-5-4-16/h10-11,22,24-26H,4-6H2,1-3H3,(H2,17,18,23)/t10?,11-,13+,14?,15-/m1/s1. The van der Waals surface area contributed by atoms with Crippen molar-refractivity contribution in [3.63, 3.8) is 0 Å². The van der Waals surface area contributed by atoms with Gasteiger partial charge in [0.1, 0.15) is 12.2 Å².